The van der Waals surface area contributed by atoms with E-state index in [4.69, 9.17) is 0 Å². The Hall–Kier alpha value is -3.81. The molecule has 2 amide bonds. The van der Waals surface area contributed by atoms with Gasteiger partial charge >= 0.3 is 0 Å². The Bertz CT molecular complexity index is 1310. The number of carbonyl (C=O) groups excluding carboxylic acids is 2. The van der Waals surface area contributed by atoms with Crippen molar-refractivity contribution in [3.8, 4) is 5.69 Å². The van der Waals surface area contributed by atoms with Crippen LogP contribution in [0.4, 0.5) is 10.1 Å². The van der Waals surface area contributed by atoms with Gasteiger partial charge in [-0.3, -0.25) is 14.6 Å². The summed E-state index contributed by atoms with van der Waals surface area (Å²) in [5.41, 5.74) is 5.44. The van der Waals surface area contributed by atoms with Crippen LogP contribution in [0.1, 0.15) is 60.4 Å². The molecule has 1 aromatic carbocycles. The standard InChI is InChI=1S/C28H32FN5O2/c1-17(2)28(36)33(5)23-10-6-20(7-11-23)26-18(3)14-22(15-30-26)32-27(35)25-16-31-34(19(25)4)24-12-8-21(29)9-13-24/h6,8-9,12-17,23H,7,10-11H2,1-5H3,(H,32,35). The lowest BCUT2D eigenvalue weighted by molar-refractivity contribution is -0.135. The van der Waals surface area contributed by atoms with Gasteiger partial charge in [-0.2, -0.15) is 5.10 Å². The highest BCUT2D eigenvalue weighted by Gasteiger charge is 2.25. The van der Waals surface area contributed by atoms with Gasteiger partial charge in [-0.1, -0.05) is 19.9 Å². The second kappa shape index (κ2) is 10.4. The van der Waals surface area contributed by atoms with Gasteiger partial charge in [0.25, 0.3) is 5.91 Å². The molecule has 0 saturated heterocycles. The molecule has 8 heteroatoms. The maximum atomic E-state index is 13.2. The van der Waals surface area contributed by atoms with Crippen LogP contribution in [0, 0.1) is 25.6 Å². The zero-order chi connectivity index (χ0) is 26.0. The van der Waals surface area contributed by atoms with Crippen LogP contribution in [0.15, 0.2) is 48.8 Å². The summed E-state index contributed by atoms with van der Waals surface area (Å²) in [6.45, 7) is 7.63. The van der Waals surface area contributed by atoms with E-state index < -0.39 is 0 Å². The molecule has 0 saturated carbocycles. The van der Waals surface area contributed by atoms with Gasteiger partial charge in [0.1, 0.15) is 5.82 Å². The normalized spacial score (nSPS) is 15.5. The van der Waals surface area contributed by atoms with E-state index in [0.717, 1.165) is 30.5 Å². The van der Waals surface area contributed by atoms with Crippen molar-refractivity contribution in [3.63, 3.8) is 0 Å². The Labute approximate surface area is 211 Å². The summed E-state index contributed by atoms with van der Waals surface area (Å²) in [5.74, 6) is -0.449. The molecule has 2 aromatic heterocycles. The first-order valence-electron chi connectivity index (χ1n) is 12.2. The smallest absolute Gasteiger partial charge is 0.259 e. The van der Waals surface area contributed by atoms with E-state index in [1.165, 1.54) is 23.9 Å². The van der Waals surface area contributed by atoms with Crippen molar-refractivity contribution in [3.05, 3.63) is 77.1 Å². The van der Waals surface area contributed by atoms with E-state index in [1.807, 2.05) is 38.8 Å². The minimum Gasteiger partial charge on any atom is -0.342 e. The third-order valence-corrected chi connectivity index (χ3v) is 6.74. The third-order valence-electron chi connectivity index (χ3n) is 6.74. The highest BCUT2D eigenvalue weighted by Crippen LogP contribution is 2.31. The number of nitrogens with zero attached hydrogens (tertiary/aromatic N) is 4. The molecule has 188 valence electrons. The molecule has 0 bridgehead atoms. The average Bonchev–Trinajstić information content (AvgIpc) is 3.25. The largest absolute Gasteiger partial charge is 0.342 e. The van der Waals surface area contributed by atoms with Gasteiger partial charge in [0.05, 0.1) is 40.7 Å². The molecule has 3 aromatic rings. The van der Waals surface area contributed by atoms with Crippen molar-refractivity contribution in [2.24, 2.45) is 5.92 Å². The van der Waals surface area contributed by atoms with E-state index in [-0.39, 0.29) is 29.6 Å². The molecule has 1 atom stereocenters. The number of pyridine rings is 1. The highest BCUT2D eigenvalue weighted by molar-refractivity contribution is 6.05. The van der Waals surface area contributed by atoms with E-state index in [2.05, 4.69) is 21.5 Å². The first-order chi connectivity index (χ1) is 17.2. The predicted molar refractivity (Wildman–Crippen MR) is 138 cm³/mol. The van der Waals surface area contributed by atoms with Crippen LogP contribution < -0.4 is 5.32 Å². The van der Waals surface area contributed by atoms with Gasteiger partial charge in [-0.15, -0.1) is 0 Å². The van der Waals surface area contributed by atoms with E-state index in [9.17, 15) is 14.0 Å². The first kappa shape index (κ1) is 25.3. The minimum atomic E-state index is -0.329. The van der Waals surface area contributed by atoms with Crippen molar-refractivity contribution in [2.75, 3.05) is 12.4 Å². The van der Waals surface area contributed by atoms with Crippen molar-refractivity contribution < 1.29 is 14.0 Å². The summed E-state index contributed by atoms with van der Waals surface area (Å²) >= 11 is 0. The molecule has 7 nitrogen and oxygen atoms in total. The van der Waals surface area contributed by atoms with Crippen LogP contribution in [0.3, 0.4) is 0 Å². The second-order valence-corrected chi connectivity index (χ2v) is 9.64. The van der Waals surface area contributed by atoms with Crippen molar-refractivity contribution in [2.45, 2.75) is 53.0 Å². The topological polar surface area (TPSA) is 80.1 Å². The summed E-state index contributed by atoms with van der Waals surface area (Å²) in [6.07, 6.45) is 7.91. The maximum absolute atomic E-state index is 13.2. The number of halogens is 1. The molecular weight excluding hydrogens is 457 g/mol. The fourth-order valence-electron chi connectivity index (χ4n) is 4.63. The van der Waals surface area contributed by atoms with Crippen LogP contribution in [-0.2, 0) is 4.79 Å². The molecule has 1 aliphatic carbocycles. The summed E-state index contributed by atoms with van der Waals surface area (Å²) < 4.78 is 14.9. The van der Waals surface area contributed by atoms with Crippen LogP contribution in [0.25, 0.3) is 11.3 Å². The van der Waals surface area contributed by atoms with Crippen molar-refractivity contribution >= 4 is 23.1 Å². The van der Waals surface area contributed by atoms with Crippen molar-refractivity contribution in [1.82, 2.24) is 19.7 Å². The number of carbonyl (C=O) groups is 2. The Balaban J connectivity index is 1.44. The van der Waals surface area contributed by atoms with Gasteiger partial charge < -0.3 is 10.2 Å². The van der Waals surface area contributed by atoms with Crippen LogP contribution in [0.5, 0.6) is 0 Å². The molecule has 0 spiro atoms. The molecule has 1 unspecified atom stereocenters. The molecule has 2 heterocycles. The molecule has 36 heavy (non-hydrogen) atoms. The number of amides is 2. The van der Waals surface area contributed by atoms with Crippen molar-refractivity contribution in [1.29, 1.82) is 0 Å². The molecule has 0 aliphatic heterocycles. The fraction of sp³-hybridized carbons (Fsp3) is 0.357. The summed E-state index contributed by atoms with van der Waals surface area (Å²) in [4.78, 5) is 31.8. The third kappa shape index (κ3) is 5.22. The second-order valence-electron chi connectivity index (χ2n) is 9.64. The Morgan fingerprint density at radius 3 is 2.50 bits per heavy atom. The lowest BCUT2D eigenvalue weighted by Crippen LogP contribution is -2.40. The number of allylic oxidation sites excluding steroid dienone is 1. The highest BCUT2D eigenvalue weighted by atomic mass is 19.1. The van der Waals surface area contributed by atoms with Crippen LogP contribution >= 0.6 is 0 Å². The SMILES string of the molecule is Cc1cc(NC(=O)c2cnn(-c3ccc(F)cc3)c2C)cnc1C1=CCC(N(C)C(=O)C(C)C)CC1. The lowest BCUT2D eigenvalue weighted by atomic mass is 9.90. The summed E-state index contributed by atoms with van der Waals surface area (Å²) in [7, 11) is 1.89. The number of nitrogens with one attached hydrogen (secondary N) is 1. The van der Waals surface area contributed by atoms with E-state index >= 15 is 0 Å². The number of aryl methyl sites for hydroxylation is 1. The Kier molecular flexibility index (Phi) is 7.33. The molecule has 4 rings (SSSR count). The van der Waals surface area contributed by atoms with E-state index in [1.54, 1.807) is 29.9 Å². The Morgan fingerprint density at radius 1 is 1.17 bits per heavy atom. The zero-order valence-corrected chi connectivity index (χ0v) is 21.4. The average molecular weight is 490 g/mol. The molecule has 1 N–H and O–H groups in total. The Morgan fingerprint density at radius 2 is 1.89 bits per heavy atom. The fourth-order valence-corrected chi connectivity index (χ4v) is 4.63. The van der Waals surface area contributed by atoms with Crippen LogP contribution in [0.2, 0.25) is 0 Å². The number of hydrogen-bond donors (Lipinski definition) is 1. The molecule has 0 fully saturated rings. The predicted octanol–water partition coefficient (Wildman–Crippen LogP) is 5.33. The molecular formula is C28H32FN5O2. The van der Waals surface area contributed by atoms with Crippen LogP contribution in [-0.4, -0.2) is 44.6 Å². The van der Waals surface area contributed by atoms with Gasteiger partial charge in [0, 0.05) is 19.0 Å². The number of rotatable bonds is 6. The summed E-state index contributed by atoms with van der Waals surface area (Å²) in [6, 6.07) is 8.08. The number of anilines is 1. The monoisotopic (exact) mass is 489 g/mol. The van der Waals surface area contributed by atoms with Gasteiger partial charge in [-0.25, -0.2) is 9.07 Å². The summed E-state index contributed by atoms with van der Waals surface area (Å²) in [5, 5.41) is 7.21. The number of aromatic nitrogens is 3. The zero-order valence-electron chi connectivity index (χ0n) is 21.4. The number of benzene rings is 1. The van der Waals surface area contributed by atoms with E-state index in [0.29, 0.717) is 22.6 Å². The number of hydrogen-bond acceptors (Lipinski definition) is 4. The van der Waals surface area contributed by atoms with Gasteiger partial charge in [0.15, 0.2) is 0 Å². The quantitative estimate of drug-likeness (QED) is 0.508. The minimum absolute atomic E-state index is 0.00640. The van der Waals surface area contributed by atoms with Gasteiger partial charge in [-0.05, 0) is 74.6 Å². The molecule has 0 radical (unpaired) electrons. The lowest BCUT2D eigenvalue weighted by Gasteiger charge is -2.32. The molecule has 1 aliphatic rings. The first-order valence-corrected chi connectivity index (χ1v) is 12.2. The maximum Gasteiger partial charge on any atom is 0.259 e. The van der Waals surface area contributed by atoms with Gasteiger partial charge in [0.2, 0.25) is 5.91 Å².